The number of carbonyl (C=O) groups excluding carboxylic acids is 1. The van der Waals surface area contributed by atoms with Crippen LogP contribution in [-0.4, -0.2) is 21.7 Å². The van der Waals surface area contributed by atoms with Gasteiger partial charge in [-0.05, 0) is 25.1 Å². The average Bonchev–Trinajstić information content (AvgIpc) is 3.15. The second-order valence-corrected chi connectivity index (χ2v) is 7.94. The zero-order valence-corrected chi connectivity index (χ0v) is 18.7. The van der Waals surface area contributed by atoms with Crippen molar-refractivity contribution in [1.82, 2.24) is 15.0 Å². The molecule has 5 nitrogen and oxygen atoms in total. The number of aromatic nitrogens is 2. The molecule has 0 spiro atoms. The van der Waals surface area contributed by atoms with Gasteiger partial charge in [0.1, 0.15) is 0 Å². The normalized spacial score (nSPS) is 11.2. The van der Waals surface area contributed by atoms with Gasteiger partial charge in [0.2, 0.25) is 0 Å². The molecule has 0 atom stereocenters. The quantitative estimate of drug-likeness (QED) is 0.220. The van der Waals surface area contributed by atoms with Gasteiger partial charge in [0.25, 0.3) is 5.91 Å². The number of nitrogens with one attached hydrogen (secondary N) is 1. The minimum absolute atomic E-state index is 0.294. The lowest BCUT2D eigenvalue weighted by Gasteiger charge is -2.09. The van der Waals surface area contributed by atoms with Crippen LogP contribution in [0, 0.1) is 19.3 Å². The summed E-state index contributed by atoms with van der Waals surface area (Å²) in [5, 5.41) is 6.11. The number of pyridine rings is 1. The molecule has 5 aromatic rings. The Morgan fingerprint density at radius 3 is 2.53 bits per heavy atom. The number of hydrogen-bond acceptors (Lipinski definition) is 3. The van der Waals surface area contributed by atoms with Gasteiger partial charge >= 0.3 is 0 Å². The number of amides is 1. The first kappa shape index (κ1) is 21.2. The fraction of sp³-hybridized carbons (Fsp3) is 0.0690. The molecule has 0 aliphatic heterocycles. The van der Waals surface area contributed by atoms with E-state index in [1.54, 1.807) is 6.21 Å². The number of carbonyl (C=O) groups is 1. The summed E-state index contributed by atoms with van der Waals surface area (Å²) in [5.74, 6) is 2.41. The third kappa shape index (κ3) is 3.82. The number of nitrogens with zero attached hydrogens (tertiary/aromatic N) is 3. The van der Waals surface area contributed by atoms with Crippen molar-refractivity contribution in [2.75, 3.05) is 0 Å². The number of rotatable bonds is 5. The van der Waals surface area contributed by atoms with Crippen LogP contribution in [0.2, 0.25) is 0 Å². The largest absolute Gasteiger partial charge is 0.333 e. The lowest BCUT2D eigenvalue weighted by molar-refractivity contribution is 0.0956. The van der Waals surface area contributed by atoms with E-state index in [0.29, 0.717) is 12.1 Å². The molecule has 34 heavy (non-hydrogen) atoms. The first-order valence-electron chi connectivity index (χ1n) is 11.0. The van der Waals surface area contributed by atoms with Gasteiger partial charge in [-0.15, -0.1) is 6.42 Å². The Morgan fingerprint density at radius 2 is 1.74 bits per heavy atom. The van der Waals surface area contributed by atoms with Gasteiger partial charge in [-0.25, -0.2) is 10.4 Å². The highest BCUT2D eigenvalue weighted by atomic mass is 16.2. The van der Waals surface area contributed by atoms with E-state index in [4.69, 9.17) is 11.4 Å². The van der Waals surface area contributed by atoms with Crippen LogP contribution in [0.5, 0.6) is 0 Å². The fourth-order valence-electron chi connectivity index (χ4n) is 4.25. The van der Waals surface area contributed by atoms with Crippen LogP contribution in [-0.2, 0) is 6.54 Å². The molecule has 0 saturated carbocycles. The molecular formula is C29H22N4O. The van der Waals surface area contributed by atoms with Gasteiger partial charge in [0.05, 0.1) is 29.5 Å². The zero-order chi connectivity index (χ0) is 23.5. The van der Waals surface area contributed by atoms with Gasteiger partial charge < -0.3 is 4.57 Å². The van der Waals surface area contributed by atoms with Crippen molar-refractivity contribution < 1.29 is 4.79 Å². The maximum absolute atomic E-state index is 13.2. The second-order valence-electron chi connectivity index (χ2n) is 7.94. The molecule has 5 rings (SSSR count). The van der Waals surface area contributed by atoms with E-state index < -0.39 is 0 Å². The Bertz CT molecular complexity index is 1590. The molecule has 0 bridgehead atoms. The van der Waals surface area contributed by atoms with Crippen molar-refractivity contribution in [3.63, 3.8) is 0 Å². The van der Waals surface area contributed by atoms with Crippen LogP contribution in [0.25, 0.3) is 33.1 Å². The smallest absolute Gasteiger partial charge is 0.272 e. The molecule has 0 fully saturated rings. The highest BCUT2D eigenvalue weighted by molar-refractivity contribution is 6.08. The molecule has 0 aliphatic rings. The Balaban J connectivity index is 1.50. The molecule has 0 saturated heterocycles. The second kappa shape index (κ2) is 9.05. The van der Waals surface area contributed by atoms with E-state index in [-0.39, 0.29) is 5.91 Å². The number of hydrazone groups is 1. The topological polar surface area (TPSA) is 59.3 Å². The monoisotopic (exact) mass is 442 g/mol. The number of benzene rings is 3. The Morgan fingerprint density at radius 1 is 1.03 bits per heavy atom. The Labute approximate surface area is 197 Å². The first-order chi connectivity index (χ1) is 16.7. The molecule has 0 radical (unpaired) electrons. The van der Waals surface area contributed by atoms with Crippen LogP contribution in [0.3, 0.4) is 0 Å². The van der Waals surface area contributed by atoms with Gasteiger partial charge in [0.15, 0.2) is 0 Å². The minimum atomic E-state index is -0.294. The summed E-state index contributed by atoms with van der Waals surface area (Å²) in [4.78, 5) is 17.9. The van der Waals surface area contributed by atoms with Crippen LogP contribution in [0.1, 0.15) is 21.6 Å². The zero-order valence-electron chi connectivity index (χ0n) is 18.7. The predicted molar refractivity (Wildman–Crippen MR) is 138 cm³/mol. The van der Waals surface area contributed by atoms with E-state index >= 15 is 0 Å². The molecule has 3 aromatic carbocycles. The maximum Gasteiger partial charge on any atom is 0.272 e. The summed E-state index contributed by atoms with van der Waals surface area (Å²) in [7, 11) is 0. The van der Waals surface area contributed by atoms with Gasteiger partial charge in [-0.2, -0.15) is 5.10 Å². The molecular weight excluding hydrogens is 420 g/mol. The third-order valence-electron chi connectivity index (χ3n) is 5.92. The maximum atomic E-state index is 13.2. The Hall–Kier alpha value is -4.69. The molecule has 1 amide bonds. The summed E-state index contributed by atoms with van der Waals surface area (Å²) < 4.78 is 2.07. The Kier molecular flexibility index (Phi) is 5.63. The lowest BCUT2D eigenvalue weighted by atomic mass is 10.0. The van der Waals surface area contributed by atoms with Crippen molar-refractivity contribution >= 4 is 33.9 Å². The molecule has 0 aliphatic carbocycles. The summed E-state index contributed by atoms with van der Waals surface area (Å²) >= 11 is 0. The molecule has 2 heterocycles. The molecule has 2 aromatic heterocycles. The van der Waals surface area contributed by atoms with Crippen LogP contribution >= 0.6 is 0 Å². The number of terminal acetylenes is 1. The molecule has 164 valence electrons. The van der Waals surface area contributed by atoms with Gasteiger partial charge in [-0.1, -0.05) is 72.7 Å². The van der Waals surface area contributed by atoms with Crippen molar-refractivity contribution in [2.45, 2.75) is 13.5 Å². The van der Waals surface area contributed by atoms with Crippen molar-refractivity contribution in [2.24, 2.45) is 5.10 Å². The summed E-state index contributed by atoms with van der Waals surface area (Å²) in [6, 6.07) is 27.3. The molecule has 0 unspecified atom stereocenters. The summed E-state index contributed by atoms with van der Waals surface area (Å²) in [6.45, 7) is 2.47. The summed E-state index contributed by atoms with van der Waals surface area (Å²) in [6.07, 6.45) is 7.25. The predicted octanol–water partition coefficient (Wildman–Crippen LogP) is 5.56. The van der Waals surface area contributed by atoms with Crippen molar-refractivity contribution in [1.29, 1.82) is 0 Å². The highest BCUT2D eigenvalue weighted by Gasteiger charge is 2.15. The lowest BCUT2D eigenvalue weighted by Crippen LogP contribution is -2.18. The highest BCUT2D eigenvalue weighted by Crippen LogP contribution is 2.26. The summed E-state index contributed by atoms with van der Waals surface area (Å²) in [5.41, 5.74) is 8.63. The van der Waals surface area contributed by atoms with E-state index in [2.05, 4.69) is 21.0 Å². The van der Waals surface area contributed by atoms with Crippen molar-refractivity contribution in [3.8, 4) is 23.6 Å². The average molecular weight is 443 g/mol. The SMILES string of the molecule is C#CCn1c(C)c(/C=N\NC(=O)c2cc(-c3ccccc3)nc3ccccc23)c2ccccc21. The first-order valence-corrected chi connectivity index (χ1v) is 11.0. The third-order valence-corrected chi connectivity index (χ3v) is 5.92. The van der Waals surface area contributed by atoms with Gasteiger partial charge in [-0.3, -0.25) is 4.79 Å². The molecule has 1 N–H and O–H groups in total. The molecule has 5 heteroatoms. The number of fused-ring (bicyclic) bond motifs is 2. The fourth-order valence-corrected chi connectivity index (χ4v) is 4.25. The van der Waals surface area contributed by atoms with E-state index in [0.717, 1.165) is 44.3 Å². The van der Waals surface area contributed by atoms with E-state index in [9.17, 15) is 4.79 Å². The van der Waals surface area contributed by atoms with Crippen molar-refractivity contribution in [3.05, 3.63) is 102 Å². The number of hydrogen-bond donors (Lipinski definition) is 1. The number of para-hydroxylation sites is 2. The minimum Gasteiger partial charge on any atom is -0.333 e. The van der Waals surface area contributed by atoms with Gasteiger partial charge in [0, 0.05) is 33.1 Å². The van der Waals surface area contributed by atoms with Crippen LogP contribution < -0.4 is 5.43 Å². The van der Waals surface area contributed by atoms with Crippen LogP contribution in [0.4, 0.5) is 0 Å². The standard InChI is InChI=1S/C29H22N4O/c1-3-17-33-20(2)25(23-14-8-10-16-28(23)33)19-30-32-29(34)24-18-27(21-11-5-4-6-12-21)31-26-15-9-7-13-22(24)26/h1,4-16,18-19H,17H2,2H3,(H,32,34)/b30-19-. The van der Waals surface area contributed by atoms with Crippen LogP contribution in [0.15, 0.2) is 90.0 Å². The van der Waals surface area contributed by atoms with E-state index in [1.165, 1.54) is 0 Å². The van der Waals surface area contributed by atoms with E-state index in [1.807, 2.05) is 91.9 Å².